The number of rotatable bonds is 3. The van der Waals surface area contributed by atoms with Crippen molar-refractivity contribution >= 4 is 22.6 Å². The molecule has 1 unspecified atom stereocenters. The second-order valence-corrected chi connectivity index (χ2v) is 10.1. The largest absolute Gasteiger partial charge is 0.741 e. The van der Waals surface area contributed by atoms with Crippen LogP contribution in [0.3, 0.4) is 0 Å². The molecule has 0 spiro atoms. The van der Waals surface area contributed by atoms with Crippen molar-refractivity contribution in [3.05, 3.63) is 102 Å². The molecular formula is C25H25BF3NO4S. The molecule has 2 saturated heterocycles. The topological polar surface area (TPSA) is 70.9 Å². The van der Waals surface area contributed by atoms with Gasteiger partial charge in [0.05, 0.1) is 6.54 Å². The number of hydrogen-bond donors (Lipinski definition) is 1. The third-order valence-electron chi connectivity index (χ3n) is 6.70. The van der Waals surface area contributed by atoms with Gasteiger partial charge in [-0.1, -0.05) is 84.9 Å². The van der Waals surface area contributed by atoms with E-state index in [4.69, 9.17) is 17.6 Å². The molecule has 0 bridgehead atoms. The van der Waals surface area contributed by atoms with Gasteiger partial charge in [-0.2, -0.15) is 13.2 Å². The summed E-state index contributed by atoms with van der Waals surface area (Å²) >= 11 is 0. The van der Waals surface area contributed by atoms with Crippen molar-refractivity contribution < 1.29 is 35.6 Å². The molecule has 5 rings (SSSR count). The third kappa shape index (κ3) is 4.88. The quantitative estimate of drug-likeness (QED) is 0.339. The maximum absolute atomic E-state index is 10.7. The van der Waals surface area contributed by atoms with Gasteiger partial charge in [-0.15, -0.1) is 0 Å². The van der Waals surface area contributed by atoms with Crippen molar-refractivity contribution in [2.75, 3.05) is 6.54 Å². The zero-order chi connectivity index (χ0) is 25.3. The molecule has 5 nitrogen and oxygen atoms in total. The van der Waals surface area contributed by atoms with E-state index in [1.807, 2.05) is 0 Å². The van der Waals surface area contributed by atoms with E-state index in [0.717, 1.165) is 0 Å². The molecule has 0 aliphatic carbocycles. The lowest BCUT2D eigenvalue weighted by Gasteiger charge is -2.33. The fraction of sp³-hybridized carbons (Fsp3) is 0.280. The van der Waals surface area contributed by atoms with Gasteiger partial charge < -0.3 is 14.0 Å². The predicted molar refractivity (Wildman–Crippen MR) is 126 cm³/mol. The Balaban J connectivity index is 0.000000314. The molecule has 2 fully saturated rings. The van der Waals surface area contributed by atoms with Crippen LogP contribution < -0.4 is 10.3 Å². The molecule has 10 heteroatoms. The average molecular weight is 503 g/mol. The summed E-state index contributed by atoms with van der Waals surface area (Å²) in [7, 11) is -6.01. The molecule has 35 heavy (non-hydrogen) atoms. The number of benzene rings is 3. The molecule has 0 radical (unpaired) electrons. The Morgan fingerprint density at radius 2 is 1.43 bits per heavy atom. The van der Waals surface area contributed by atoms with Gasteiger partial charge >= 0.3 is 12.6 Å². The van der Waals surface area contributed by atoms with Crippen LogP contribution >= 0.6 is 0 Å². The first-order chi connectivity index (χ1) is 16.6. The highest BCUT2D eigenvalue weighted by atomic mass is 32.2. The fourth-order valence-electron chi connectivity index (χ4n) is 5.21. The van der Waals surface area contributed by atoms with Gasteiger partial charge in [-0.05, 0) is 23.6 Å². The number of fused-ring (bicyclic) bond motifs is 1. The number of hydrogen-bond acceptors (Lipinski definition) is 4. The number of alkyl halides is 3. The van der Waals surface area contributed by atoms with Crippen molar-refractivity contribution in [1.82, 2.24) is 0 Å². The van der Waals surface area contributed by atoms with Crippen LogP contribution in [0.4, 0.5) is 13.2 Å². The molecule has 2 heterocycles. The average Bonchev–Trinajstić information content (AvgIpc) is 3.42. The molecule has 2 aliphatic rings. The molecule has 0 saturated carbocycles. The first-order valence-corrected chi connectivity index (χ1v) is 12.7. The van der Waals surface area contributed by atoms with Gasteiger partial charge in [-0.25, -0.2) is 8.42 Å². The van der Waals surface area contributed by atoms with E-state index in [9.17, 15) is 13.2 Å². The molecule has 3 aromatic rings. The maximum atomic E-state index is 10.7. The molecule has 3 aromatic carbocycles. The summed E-state index contributed by atoms with van der Waals surface area (Å²) in [6, 6.07) is 30.8. The van der Waals surface area contributed by atoms with E-state index in [0.29, 0.717) is 6.04 Å². The van der Waals surface area contributed by atoms with Crippen LogP contribution in [0.2, 0.25) is 0 Å². The van der Waals surface area contributed by atoms with Crippen LogP contribution in [0.15, 0.2) is 84.9 Å². The maximum Gasteiger partial charge on any atom is 0.611 e. The Labute approximate surface area is 203 Å². The van der Waals surface area contributed by atoms with Gasteiger partial charge in [-0.3, -0.25) is 0 Å². The minimum Gasteiger partial charge on any atom is -0.741 e. The summed E-state index contributed by atoms with van der Waals surface area (Å²) < 4.78 is 66.0. The molecule has 1 N–H and O–H groups in total. The molecule has 0 aromatic heterocycles. The van der Waals surface area contributed by atoms with E-state index in [1.54, 1.807) is 4.81 Å². The lowest BCUT2D eigenvalue weighted by atomic mass is 9.70. The van der Waals surface area contributed by atoms with Crippen molar-refractivity contribution in [1.29, 1.82) is 0 Å². The number of aryl methyl sites for hydroxylation is 1. The van der Waals surface area contributed by atoms with E-state index in [-0.39, 0.29) is 12.7 Å². The Kier molecular flexibility index (Phi) is 7.10. The summed E-state index contributed by atoms with van der Waals surface area (Å²) in [6.07, 6.45) is 2.45. The zero-order valence-corrected chi connectivity index (χ0v) is 19.9. The minimum absolute atomic E-state index is 0.0825. The summed E-state index contributed by atoms with van der Waals surface area (Å²) in [5.74, 6) is 0. The summed E-state index contributed by atoms with van der Waals surface area (Å²) in [6.45, 7) is 3.37. The molecule has 0 amide bonds. The molecule has 2 atom stereocenters. The first-order valence-electron chi connectivity index (χ1n) is 11.3. The van der Waals surface area contributed by atoms with Crippen LogP contribution in [0.1, 0.15) is 29.5 Å². The highest BCUT2D eigenvalue weighted by Gasteiger charge is 2.64. The molecule has 184 valence electrons. The van der Waals surface area contributed by atoms with Crippen molar-refractivity contribution in [2.45, 2.75) is 36.9 Å². The number of halogens is 3. The Bertz CT molecular complexity index is 1220. The van der Waals surface area contributed by atoms with Crippen LogP contribution in [0.25, 0.3) is 0 Å². The summed E-state index contributed by atoms with van der Waals surface area (Å²) in [4.78, 5) is 1.58. The van der Waals surface area contributed by atoms with Crippen LogP contribution in [-0.2, 0) is 20.4 Å². The molecule has 2 aliphatic heterocycles. The predicted octanol–water partition coefficient (Wildman–Crippen LogP) is 2.76. The Morgan fingerprint density at radius 1 is 0.943 bits per heavy atom. The highest BCUT2D eigenvalue weighted by molar-refractivity contribution is 7.86. The third-order valence-corrected chi connectivity index (χ3v) is 7.26. The van der Waals surface area contributed by atoms with Gasteiger partial charge in [0.1, 0.15) is 6.04 Å². The Hall–Kier alpha value is -2.66. The van der Waals surface area contributed by atoms with E-state index >= 15 is 0 Å². The van der Waals surface area contributed by atoms with Crippen LogP contribution in [-0.4, -0.2) is 38.1 Å². The SMILES string of the molecule is Cc1ccccc1B1OC(c2ccccc2)(c2ccccc2)[C@@H]2CCC[NH+]12.O=S(=O)([O-])C(F)(F)F. The fourth-order valence-corrected chi connectivity index (χ4v) is 5.21. The van der Waals surface area contributed by atoms with Gasteiger partial charge in [0, 0.05) is 18.3 Å². The summed E-state index contributed by atoms with van der Waals surface area (Å²) in [5, 5.41) is 0. The lowest BCUT2D eigenvalue weighted by Crippen LogP contribution is -3.19. The first kappa shape index (κ1) is 25.4. The minimum atomic E-state index is -6.09. The van der Waals surface area contributed by atoms with Crippen molar-refractivity contribution in [2.24, 2.45) is 0 Å². The van der Waals surface area contributed by atoms with E-state index in [2.05, 4.69) is 91.9 Å². The number of quaternary nitrogens is 1. The zero-order valence-electron chi connectivity index (χ0n) is 19.0. The van der Waals surface area contributed by atoms with Crippen molar-refractivity contribution in [3.8, 4) is 0 Å². The van der Waals surface area contributed by atoms with Gasteiger partial charge in [0.25, 0.3) is 0 Å². The smallest absolute Gasteiger partial charge is 0.611 e. The van der Waals surface area contributed by atoms with Gasteiger partial charge in [0.2, 0.25) is 0 Å². The lowest BCUT2D eigenvalue weighted by molar-refractivity contribution is -0.799. The van der Waals surface area contributed by atoms with Gasteiger partial charge in [0.15, 0.2) is 15.7 Å². The number of nitrogens with one attached hydrogen (secondary N) is 1. The standard InChI is InChI=1S/C24H24BNO.CHF3O3S/c1-19-11-8-9-16-22(19)25-26-18-10-17-23(26)24(27-25,20-12-4-2-5-13-20)21-14-6-3-7-15-21;2-1(3,4)8(5,6)7/h2-9,11-16,23H,10,17-18H2,1H3;(H,5,6,7)/t23-;/m0./s1. The second-order valence-electron chi connectivity index (χ2n) is 8.74. The van der Waals surface area contributed by atoms with Crippen LogP contribution in [0, 0.1) is 6.92 Å². The molecular weight excluding hydrogens is 478 g/mol. The monoisotopic (exact) mass is 503 g/mol. The van der Waals surface area contributed by atoms with E-state index < -0.39 is 15.6 Å². The van der Waals surface area contributed by atoms with Crippen LogP contribution in [0.5, 0.6) is 0 Å². The Morgan fingerprint density at radius 3 is 1.91 bits per heavy atom. The van der Waals surface area contributed by atoms with Crippen molar-refractivity contribution in [3.63, 3.8) is 0 Å². The second kappa shape index (κ2) is 9.77. The normalized spacial score (nSPS) is 21.2. The summed E-state index contributed by atoms with van der Waals surface area (Å²) in [5.41, 5.74) is -0.840. The van der Waals surface area contributed by atoms with E-state index in [1.165, 1.54) is 41.5 Å². The highest BCUT2D eigenvalue weighted by Crippen LogP contribution is 2.41.